The maximum atomic E-state index is 12.2. The summed E-state index contributed by atoms with van der Waals surface area (Å²) < 4.78 is 9.97. The van der Waals surface area contributed by atoms with Gasteiger partial charge in [-0.3, -0.25) is 14.5 Å². The van der Waals surface area contributed by atoms with E-state index in [-0.39, 0.29) is 12.3 Å². The molecule has 7 nitrogen and oxygen atoms in total. The van der Waals surface area contributed by atoms with E-state index >= 15 is 0 Å². The molecule has 0 bridgehead atoms. The molecule has 1 fully saturated rings. The lowest BCUT2D eigenvalue weighted by Crippen LogP contribution is -2.55. The number of aryl methyl sites for hydroxylation is 1. The molecule has 1 aliphatic rings. The summed E-state index contributed by atoms with van der Waals surface area (Å²) in [5, 5.41) is 3.59. The van der Waals surface area contributed by atoms with E-state index in [2.05, 4.69) is 5.32 Å². The van der Waals surface area contributed by atoms with Crippen molar-refractivity contribution in [2.24, 2.45) is 0 Å². The normalized spacial score (nSPS) is 18.2. The summed E-state index contributed by atoms with van der Waals surface area (Å²) in [4.78, 5) is 37.6. The highest BCUT2D eigenvalue weighted by molar-refractivity contribution is 5.87. The van der Waals surface area contributed by atoms with Gasteiger partial charge in [0.1, 0.15) is 11.6 Å². The monoisotopic (exact) mass is 344 g/mol. The van der Waals surface area contributed by atoms with Gasteiger partial charge in [-0.05, 0) is 24.1 Å². The number of rotatable bonds is 4. The second kappa shape index (κ2) is 7.06. The molecule has 1 atom stereocenters. The zero-order valence-corrected chi connectivity index (χ0v) is 14.2. The summed E-state index contributed by atoms with van der Waals surface area (Å²) in [6.07, 6.45) is -0.0270. The summed E-state index contributed by atoms with van der Waals surface area (Å²) in [5.41, 5.74) is 1.86. The Morgan fingerprint density at radius 2 is 2.16 bits per heavy atom. The summed E-state index contributed by atoms with van der Waals surface area (Å²) in [5.74, 6) is -0.653. The Morgan fingerprint density at radius 1 is 1.36 bits per heavy atom. The van der Waals surface area contributed by atoms with Crippen LogP contribution < -0.4 is 10.9 Å². The zero-order chi connectivity index (χ0) is 18.0. The number of esters is 1. The standard InChI is InChI=1S/C18H20N2O5/c1-11-3-4-13-12(8-17(22)25-15(13)7-11)10-20-6-5-19-18(23)14(20)9-16(21)24-2/h3-4,7-8,14H,5-6,9-10H2,1-2H3,(H,19,23)/t14-/m0/s1. The predicted molar refractivity (Wildman–Crippen MR) is 91.1 cm³/mol. The third-order valence-electron chi connectivity index (χ3n) is 4.39. The topological polar surface area (TPSA) is 88.9 Å². The average Bonchev–Trinajstić information content (AvgIpc) is 2.57. The smallest absolute Gasteiger partial charge is 0.336 e. The number of ether oxygens (including phenoxy) is 1. The van der Waals surface area contributed by atoms with Crippen molar-refractivity contribution in [3.8, 4) is 0 Å². The highest BCUT2D eigenvalue weighted by Crippen LogP contribution is 2.22. The molecule has 1 aliphatic heterocycles. The minimum atomic E-state index is -0.617. The first-order valence-electron chi connectivity index (χ1n) is 8.10. The number of benzene rings is 1. The number of methoxy groups -OCH3 is 1. The second-order valence-corrected chi connectivity index (χ2v) is 6.15. The molecule has 1 aromatic heterocycles. The Balaban J connectivity index is 1.94. The quantitative estimate of drug-likeness (QED) is 0.657. The number of amides is 1. The highest BCUT2D eigenvalue weighted by atomic mass is 16.5. The van der Waals surface area contributed by atoms with Gasteiger partial charge >= 0.3 is 11.6 Å². The lowest BCUT2D eigenvalue weighted by Gasteiger charge is -2.34. The Bertz CT molecular complexity index is 873. The maximum Gasteiger partial charge on any atom is 0.336 e. The van der Waals surface area contributed by atoms with E-state index in [9.17, 15) is 14.4 Å². The fourth-order valence-electron chi connectivity index (χ4n) is 3.10. The molecular weight excluding hydrogens is 324 g/mol. The van der Waals surface area contributed by atoms with Gasteiger partial charge in [-0.25, -0.2) is 4.79 Å². The average molecular weight is 344 g/mol. The molecule has 1 amide bonds. The maximum absolute atomic E-state index is 12.2. The van der Waals surface area contributed by atoms with Gasteiger partial charge in [0.15, 0.2) is 0 Å². The molecule has 0 spiro atoms. The van der Waals surface area contributed by atoms with E-state index in [1.165, 1.54) is 13.2 Å². The van der Waals surface area contributed by atoms with Crippen LogP contribution in [-0.4, -0.2) is 43.0 Å². The molecule has 132 valence electrons. The van der Waals surface area contributed by atoms with Gasteiger partial charge in [0, 0.05) is 31.1 Å². The fourth-order valence-corrected chi connectivity index (χ4v) is 3.10. The number of nitrogens with one attached hydrogen (secondary N) is 1. The molecule has 0 unspecified atom stereocenters. The summed E-state index contributed by atoms with van der Waals surface area (Å²) in [6.45, 7) is 3.38. The van der Waals surface area contributed by atoms with Crippen LogP contribution in [0.1, 0.15) is 17.5 Å². The molecule has 7 heteroatoms. The van der Waals surface area contributed by atoms with Crippen molar-refractivity contribution in [1.29, 1.82) is 0 Å². The Kier molecular flexibility index (Phi) is 4.85. The van der Waals surface area contributed by atoms with E-state index in [0.717, 1.165) is 16.5 Å². The Hall–Kier alpha value is -2.67. The number of hydrogen-bond donors (Lipinski definition) is 1. The SMILES string of the molecule is COC(=O)C[C@H]1C(=O)NCCN1Cc1cc(=O)oc2cc(C)ccc12. The third-order valence-corrected chi connectivity index (χ3v) is 4.39. The molecule has 0 radical (unpaired) electrons. The minimum absolute atomic E-state index is 0.0270. The zero-order valence-electron chi connectivity index (χ0n) is 14.2. The van der Waals surface area contributed by atoms with Gasteiger partial charge in [-0.1, -0.05) is 12.1 Å². The van der Waals surface area contributed by atoms with E-state index < -0.39 is 17.6 Å². The van der Waals surface area contributed by atoms with Crippen molar-refractivity contribution < 1.29 is 18.7 Å². The van der Waals surface area contributed by atoms with E-state index in [4.69, 9.17) is 9.15 Å². The van der Waals surface area contributed by atoms with Crippen molar-refractivity contribution >= 4 is 22.8 Å². The van der Waals surface area contributed by atoms with Gasteiger partial charge in [0.05, 0.1) is 13.5 Å². The van der Waals surface area contributed by atoms with Crippen LogP contribution in [0, 0.1) is 6.92 Å². The first-order chi connectivity index (χ1) is 12.0. The van der Waals surface area contributed by atoms with E-state index in [1.54, 1.807) is 0 Å². The molecule has 1 saturated heterocycles. The molecule has 2 heterocycles. The second-order valence-electron chi connectivity index (χ2n) is 6.15. The molecule has 25 heavy (non-hydrogen) atoms. The van der Waals surface area contributed by atoms with Crippen LogP contribution in [0.5, 0.6) is 0 Å². The molecule has 3 rings (SSSR count). The molecule has 0 saturated carbocycles. The van der Waals surface area contributed by atoms with Crippen LogP contribution in [0.2, 0.25) is 0 Å². The largest absolute Gasteiger partial charge is 0.469 e. The first kappa shape index (κ1) is 17.2. The lowest BCUT2D eigenvalue weighted by atomic mass is 10.0. The van der Waals surface area contributed by atoms with Crippen LogP contribution in [0.3, 0.4) is 0 Å². The molecule has 2 aromatic rings. The van der Waals surface area contributed by atoms with Crippen LogP contribution >= 0.6 is 0 Å². The van der Waals surface area contributed by atoms with Crippen LogP contribution in [0.25, 0.3) is 11.0 Å². The Morgan fingerprint density at radius 3 is 2.92 bits per heavy atom. The number of piperazine rings is 1. The minimum Gasteiger partial charge on any atom is -0.469 e. The Labute approximate surface area is 144 Å². The fraction of sp³-hybridized carbons (Fsp3) is 0.389. The van der Waals surface area contributed by atoms with Crippen molar-refractivity contribution in [3.63, 3.8) is 0 Å². The summed E-state index contributed by atoms with van der Waals surface area (Å²) in [6, 6.07) is 6.49. The summed E-state index contributed by atoms with van der Waals surface area (Å²) >= 11 is 0. The predicted octanol–water partition coefficient (Wildman–Crippen LogP) is 0.965. The third kappa shape index (κ3) is 3.71. The van der Waals surface area contributed by atoms with Gasteiger partial charge in [-0.2, -0.15) is 0 Å². The van der Waals surface area contributed by atoms with E-state index in [1.807, 2.05) is 30.0 Å². The highest BCUT2D eigenvalue weighted by Gasteiger charge is 2.32. The molecule has 1 aromatic carbocycles. The van der Waals surface area contributed by atoms with Gasteiger partial charge in [-0.15, -0.1) is 0 Å². The van der Waals surface area contributed by atoms with Crippen molar-refractivity contribution in [2.45, 2.75) is 25.9 Å². The number of nitrogens with zero attached hydrogens (tertiary/aromatic N) is 1. The van der Waals surface area contributed by atoms with Crippen molar-refractivity contribution in [3.05, 3.63) is 45.8 Å². The summed E-state index contributed by atoms with van der Waals surface area (Å²) in [7, 11) is 1.30. The molecule has 1 N–H and O–H groups in total. The van der Waals surface area contributed by atoms with E-state index in [0.29, 0.717) is 25.2 Å². The number of fused-ring (bicyclic) bond motifs is 1. The van der Waals surface area contributed by atoms with Gasteiger partial charge < -0.3 is 14.5 Å². The van der Waals surface area contributed by atoms with Crippen LogP contribution in [0.15, 0.2) is 33.5 Å². The van der Waals surface area contributed by atoms with Gasteiger partial charge in [0.25, 0.3) is 0 Å². The van der Waals surface area contributed by atoms with Crippen LogP contribution in [0.4, 0.5) is 0 Å². The number of hydrogen-bond acceptors (Lipinski definition) is 6. The lowest BCUT2D eigenvalue weighted by molar-refractivity contribution is -0.146. The van der Waals surface area contributed by atoms with Gasteiger partial charge in [0.2, 0.25) is 5.91 Å². The van der Waals surface area contributed by atoms with Crippen LogP contribution in [-0.2, 0) is 20.9 Å². The number of carbonyl (C=O) groups is 2. The number of carbonyl (C=O) groups excluding carboxylic acids is 2. The molecular formula is C18H20N2O5. The van der Waals surface area contributed by atoms with Crippen molar-refractivity contribution in [2.75, 3.05) is 20.2 Å². The van der Waals surface area contributed by atoms with Crippen molar-refractivity contribution in [1.82, 2.24) is 10.2 Å². The first-order valence-corrected chi connectivity index (χ1v) is 8.10. The molecule has 0 aliphatic carbocycles.